The van der Waals surface area contributed by atoms with Gasteiger partial charge in [-0.05, 0) is 229 Å². The predicted octanol–water partition coefficient (Wildman–Crippen LogP) is 35.2. The van der Waals surface area contributed by atoms with E-state index in [-0.39, 0.29) is 0 Å². The van der Waals surface area contributed by atoms with Gasteiger partial charge in [-0.1, -0.05) is 381 Å². The lowest BCUT2D eigenvalue weighted by molar-refractivity contribution is 0.415. The van der Waals surface area contributed by atoms with Gasteiger partial charge in [0.1, 0.15) is 11.5 Å². The summed E-state index contributed by atoms with van der Waals surface area (Å²) in [5, 5.41) is 8.40. The lowest BCUT2D eigenvalue weighted by Crippen LogP contribution is -2.32. The highest BCUT2D eigenvalue weighted by Crippen LogP contribution is 2.52. The van der Waals surface area contributed by atoms with Crippen LogP contribution in [-0.4, -0.2) is 65.3 Å². The number of aryl methyl sites for hydroxylation is 6. The summed E-state index contributed by atoms with van der Waals surface area (Å²) in [5.41, 5.74) is 58.8. The van der Waals surface area contributed by atoms with E-state index in [1.54, 1.807) is 14.2 Å². The van der Waals surface area contributed by atoms with Crippen molar-refractivity contribution in [2.24, 2.45) is 21.1 Å². The van der Waals surface area contributed by atoms with E-state index in [9.17, 15) is 0 Å². The zero-order chi connectivity index (χ0) is 103. The van der Waals surface area contributed by atoms with Gasteiger partial charge >= 0.3 is 0 Å². The molecule has 6 heterocycles. The monoisotopic (exact) mass is 1990 g/mol. The summed E-state index contributed by atoms with van der Waals surface area (Å²) in [6.45, 7) is 28.5. The van der Waals surface area contributed by atoms with Crippen LogP contribution in [0.5, 0.6) is 11.5 Å². The van der Waals surface area contributed by atoms with E-state index in [0.717, 1.165) is 62.9 Å². The molecule has 0 atom stereocenters. The van der Waals surface area contributed by atoms with Gasteiger partial charge in [-0.3, -0.25) is 0 Å². The highest BCUT2D eigenvalue weighted by molar-refractivity contribution is 6.77. The SMILES string of the molecule is CCCCCCc1ccc2c(c1)Cc1ccccc1-2.COc1ccc2c(c1)c1c(n2C)-c2ccccc2C1.COc1ccc2c(c1)c1c(n2[Si](C)(C)C)-c2ccccc2C1.C[Si](C)(C)n1c2c(c3ccccc31)Cc1ccccc1-2.Cc1ccc2c(c1)c1c(n2C)-c2ccccc2C1.Cc1ccc2c(c1)c1c(n2[Si](C)(C)C)-c2ccccc2C1.Cn1c2c(c3ccccc31)Cc1ccccc1-2.c1ccc2c(c1)Cc1ccccc1-2. The van der Waals surface area contributed by atoms with E-state index in [2.05, 4.69) is 479 Å². The molecule has 0 saturated carbocycles. The number of aromatic nitrogens is 6. The maximum Gasteiger partial charge on any atom is 0.153 e. The molecule has 8 aliphatic rings. The molecule has 8 nitrogen and oxygen atoms in total. The van der Waals surface area contributed by atoms with Gasteiger partial charge in [0, 0.05) is 176 Å². The molecular weight excluding hydrogens is 1860 g/mol. The molecule has 0 saturated heterocycles. The van der Waals surface area contributed by atoms with E-state index >= 15 is 0 Å². The van der Waals surface area contributed by atoms with Crippen LogP contribution < -0.4 is 9.47 Å². The lowest BCUT2D eigenvalue weighted by Gasteiger charge is -2.24. The van der Waals surface area contributed by atoms with Crippen molar-refractivity contribution >= 4 is 90.1 Å². The fraction of sp³-hybridized carbons (Fsp3) is 0.217. The Morgan fingerprint density at radius 2 is 0.477 bits per heavy atom. The third-order valence-corrected chi connectivity index (χ3v) is 37.8. The Kier molecular flexibility index (Phi) is 25.9. The van der Waals surface area contributed by atoms with Crippen LogP contribution in [0, 0.1) is 13.8 Å². The summed E-state index contributed by atoms with van der Waals surface area (Å²) in [5.74, 6) is 1.87. The molecular formula is C138H136N6O2Si3. The normalized spacial score (nSPS) is 12.9. The molecule has 11 heteroatoms. The van der Waals surface area contributed by atoms with E-state index in [1.165, 1.54) is 293 Å². The number of methoxy groups -OCH3 is 2. The third kappa shape index (κ3) is 17.7. The van der Waals surface area contributed by atoms with Gasteiger partial charge in [0.2, 0.25) is 0 Å². The number of unbranched alkanes of at least 4 members (excludes halogenated alkanes) is 3. The van der Waals surface area contributed by atoms with Crippen LogP contribution in [-0.2, 0) is 78.9 Å². The van der Waals surface area contributed by atoms with Crippen molar-refractivity contribution in [2.75, 3.05) is 14.2 Å². The summed E-state index contributed by atoms with van der Waals surface area (Å²) in [6.07, 6.45) is 15.2. The first-order valence-corrected chi connectivity index (χ1v) is 64.3. The van der Waals surface area contributed by atoms with E-state index < -0.39 is 24.7 Å². The van der Waals surface area contributed by atoms with Crippen molar-refractivity contribution in [1.82, 2.24) is 26.4 Å². The smallest absolute Gasteiger partial charge is 0.153 e. The molecule has 149 heavy (non-hydrogen) atoms. The van der Waals surface area contributed by atoms with Crippen LogP contribution >= 0.6 is 0 Å². The van der Waals surface area contributed by atoms with Gasteiger partial charge in [0.05, 0.1) is 31.3 Å². The number of hydrogen-bond acceptors (Lipinski definition) is 2. The van der Waals surface area contributed by atoms with Gasteiger partial charge in [-0.25, -0.2) is 0 Å². The molecule has 0 fully saturated rings. The first kappa shape index (κ1) is 97.4. The van der Waals surface area contributed by atoms with Crippen molar-refractivity contribution in [1.29, 1.82) is 0 Å². The molecule has 0 N–H and O–H groups in total. The van der Waals surface area contributed by atoms with Gasteiger partial charge in [-0.2, -0.15) is 0 Å². The molecule has 0 bridgehead atoms. The Morgan fingerprint density at radius 3 is 0.852 bits per heavy atom. The number of ether oxygens (including phenoxy) is 2. The molecule has 6 aromatic heterocycles. The Bertz CT molecular complexity index is 8960. The van der Waals surface area contributed by atoms with Crippen molar-refractivity contribution in [2.45, 2.75) is 163 Å². The minimum atomic E-state index is -1.52. The minimum absolute atomic E-state index is 0.928. The van der Waals surface area contributed by atoms with Crippen LogP contribution in [0.25, 0.3) is 155 Å². The van der Waals surface area contributed by atoms with E-state index in [1.807, 2.05) is 6.07 Å². The largest absolute Gasteiger partial charge is 0.497 e. The fourth-order valence-electron chi connectivity index (χ4n) is 25.8. The number of hydrogen-bond donors (Lipinski definition) is 0. The second-order valence-electron chi connectivity index (χ2n) is 45.1. The predicted molar refractivity (Wildman–Crippen MR) is 640 cm³/mol. The first-order valence-electron chi connectivity index (χ1n) is 53.9. The van der Waals surface area contributed by atoms with Gasteiger partial charge in [0.15, 0.2) is 24.7 Å². The summed E-state index contributed by atoms with van der Waals surface area (Å²) < 4.78 is 25.7. The highest BCUT2D eigenvalue weighted by atomic mass is 28.3. The van der Waals surface area contributed by atoms with Crippen molar-refractivity contribution in [3.63, 3.8) is 0 Å². The lowest BCUT2D eigenvalue weighted by atomic mass is 10.00. The van der Waals surface area contributed by atoms with Crippen LogP contribution in [0.4, 0.5) is 0 Å². The summed E-state index contributed by atoms with van der Waals surface area (Å²) in [4.78, 5) is 0. The molecule has 16 aromatic carbocycles. The average Bonchev–Trinajstić information content (AvgIpc) is 1.56. The van der Waals surface area contributed by atoms with Crippen LogP contribution in [0.1, 0.15) is 138 Å². The zero-order valence-corrected chi connectivity index (χ0v) is 92.8. The number of para-hydroxylation sites is 2. The summed E-state index contributed by atoms with van der Waals surface area (Å²) >= 11 is 0. The number of rotatable bonds is 10. The maximum atomic E-state index is 5.46. The Morgan fingerprint density at radius 1 is 0.221 bits per heavy atom. The molecule has 0 radical (unpaired) electrons. The Labute approximate surface area is 882 Å². The van der Waals surface area contributed by atoms with Crippen molar-refractivity contribution in [3.8, 4) is 101 Å². The first-order chi connectivity index (χ1) is 72.3. The third-order valence-electron chi connectivity index (χ3n) is 32.4. The molecule has 0 amide bonds. The average molecular weight is 1990 g/mol. The van der Waals surface area contributed by atoms with Crippen LogP contribution in [0.15, 0.2) is 358 Å². The quantitative estimate of drug-likeness (QED) is 0.101. The fourth-order valence-corrected chi connectivity index (χ4v) is 31.3. The molecule has 0 aliphatic heterocycles. The molecule has 30 rings (SSSR count). The minimum Gasteiger partial charge on any atom is -0.497 e. The van der Waals surface area contributed by atoms with E-state index in [0.29, 0.717) is 0 Å². The number of benzene rings is 16. The molecule has 0 unspecified atom stereocenters. The molecule has 8 aliphatic carbocycles. The van der Waals surface area contributed by atoms with Crippen LogP contribution in [0.3, 0.4) is 0 Å². The second-order valence-corrected chi connectivity index (χ2v) is 59.5. The second kappa shape index (κ2) is 39.6. The Balaban J connectivity index is 0.0000000937. The van der Waals surface area contributed by atoms with Crippen LogP contribution in [0.2, 0.25) is 58.9 Å². The highest BCUT2D eigenvalue weighted by Gasteiger charge is 2.37. The molecule has 22 aromatic rings. The van der Waals surface area contributed by atoms with Crippen molar-refractivity contribution in [3.05, 3.63) is 464 Å². The number of nitrogens with zero attached hydrogens (tertiary/aromatic N) is 6. The van der Waals surface area contributed by atoms with Gasteiger partial charge < -0.3 is 35.9 Å². The standard InChI is InChI=1S/C19H21NOSi.C19H21NSi.C19H22.C18H19NSi.C17H15NO.C17H15N.C16H13N.C13H10/c1-21-14-9-10-18-16(12-14)17-11-13-7-5-6-8-15(13)19(17)20(18)22(2,3)4;1-13-9-10-18-16(11-13)17-12-14-7-5-6-8-15(14)19(17)20(18)21(2,3)4;1-2-3-4-5-8-15-11-12-19-17(13-15)14-16-9-6-7-10-18(16)19;1-20(2,3)19-17-11-7-6-10-15(17)16-12-13-8-4-5-9-14(13)18(16)19;1-18-16-8-7-12(19-2)10-14(16)15-9-11-5-3-4-6-13(11)17(15)18;1-11-7-8-16-14(9-11)15-10-12-5-3-4-6-13(12)17(15)18(16)2;1-17-15-9-5-4-8-13(15)14-10-11-6-2-3-7-12(11)16(14)17;1-3-7-12-10(5-1)9-11-6-2-4-8-13(11)12/h5-10,12H,11H2,1-4H3;5-11H,12H2,1-4H3;6-7,9-13H,2-5,8,14H2,1H3;4-11H,12H2,1-3H3;3-8,10H,9H2,1-2H3;3-9H,10H2,1-2H3;2-9H,10H2,1H3;1-8H,9H2. The maximum absolute atomic E-state index is 5.46. The molecule has 742 valence electrons. The van der Waals surface area contributed by atoms with Gasteiger partial charge in [-0.15, -0.1) is 0 Å². The topological polar surface area (TPSA) is 48.0 Å². The van der Waals surface area contributed by atoms with E-state index in [4.69, 9.17) is 9.47 Å². The van der Waals surface area contributed by atoms with Crippen molar-refractivity contribution < 1.29 is 9.47 Å². The number of fused-ring (bicyclic) bond motifs is 36. The molecule has 0 spiro atoms. The van der Waals surface area contributed by atoms with Gasteiger partial charge in [0.25, 0.3) is 0 Å². The summed E-state index contributed by atoms with van der Waals surface area (Å²) in [6, 6.07) is 130. The summed E-state index contributed by atoms with van der Waals surface area (Å²) in [7, 11) is 5.51. The zero-order valence-electron chi connectivity index (χ0n) is 89.8. The Hall–Kier alpha value is -15.0.